The molecule has 0 aliphatic carbocycles. The average molecular weight is 724 g/mol. The fourth-order valence-electron chi connectivity index (χ4n) is 5.25. The summed E-state index contributed by atoms with van der Waals surface area (Å²) >= 11 is 6.25. The van der Waals surface area contributed by atoms with E-state index in [-0.39, 0.29) is 35.5 Å². The fraction of sp³-hybridized carbons (Fsp3) is 0.533. The van der Waals surface area contributed by atoms with Crippen molar-refractivity contribution in [3.05, 3.63) is 47.5 Å². The van der Waals surface area contributed by atoms with E-state index in [4.69, 9.17) is 39.8 Å². The van der Waals surface area contributed by atoms with Gasteiger partial charge in [-0.05, 0) is 51.8 Å². The Morgan fingerprint density at radius 3 is 2.47 bits per heavy atom. The molecule has 2 unspecified atom stereocenters. The van der Waals surface area contributed by atoms with E-state index in [1.54, 1.807) is 63.5 Å². The van der Waals surface area contributed by atoms with Crippen molar-refractivity contribution in [1.29, 1.82) is 0 Å². The molecule has 49 heavy (non-hydrogen) atoms. The van der Waals surface area contributed by atoms with Gasteiger partial charge in [0, 0.05) is 13.6 Å². The lowest BCUT2D eigenvalue weighted by atomic mass is 10.1. The number of hydrazine groups is 1. The number of amides is 3. The summed E-state index contributed by atoms with van der Waals surface area (Å²) in [6, 6.07) is 9.00. The van der Waals surface area contributed by atoms with Crippen molar-refractivity contribution in [3.8, 4) is 0 Å². The Morgan fingerprint density at radius 1 is 1.10 bits per heavy atom. The molecule has 3 N–H and O–H groups in total. The Bertz CT molecular complexity index is 1750. The minimum Gasteiger partial charge on any atom is -0.444 e. The number of hydrogen-bond acceptors (Lipinski definition) is 13. The quantitative estimate of drug-likeness (QED) is 0.155. The summed E-state index contributed by atoms with van der Waals surface area (Å²) in [7, 11) is -3.83. The summed E-state index contributed by atoms with van der Waals surface area (Å²) in [6.45, 7) is 10.8. The number of rotatable bonds is 10. The monoisotopic (exact) mass is 723 g/mol. The molecular weight excluding hydrogens is 685 g/mol. The van der Waals surface area contributed by atoms with E-state index < -0.39 is 67.0 Å². The van der Waals surface area contributed by atoms with Gasteiger partial charge in [0.2, 0.25) is 24.4 Å². The highest BCUT2D eigenvalue weighted by Crippen LogP contribution is 2.50. The smallest absolute Gasteiger partial charge is 0.413 e. The van der Waals surface area contributed by atoms with E-state index in [0.717, 1.165) is 5.56 Å². The van der Waals surface area contributed by atoms with Crippen LogP contribution in [0.3, 0.4) is 0 Å². The van der Waals surface area contributed by atoms with Crippen molar-refractivity contribution in [1.82, 2.24) is 30.4 Å². The topological polar surface area (TPSA) is 203 Å². The van der Waals surface area contributed by atoms with Crippen LogP contribution in [0.15, 0.2) is 36.7 Å². The molecular formula is C30H39ClN7O10P. The fourth-order valence-corrected chi connectivity index (χ4v) is 6.80. The second-order valence-electron chi connectivity index (χ2n) is 12.9. The third kappa shape index (κ3) is 8.91. The zero-order valence-corrected chi connectivity index (χ0v) is 29.6. The number of anilines is 1. The van der Waals surface area contributed by atoms with Crippen LogP contribution < -0.4 is 16.2 Å². The van der Waals surface area contributed by atoms with E-state index >= 15 is 0 Å². The molecule has 3 amide bonds. The van der Waals surface area contributed by atoms with Gasteiger partial charge in [-0.2, -0.15) is 9.97 Å². The van der Waals surface area contributed by atoms with Crippen LogP contribution in [0.4, 0.5) is 10.6 Å². The summed E-state index contributed by atoms with van der Waals surface area (Å²) in [5, 5.41) is 2.38. The number of hydrogen-bond donors (Lipinski definition) is 3. The third-order valence-corrected chi connectivity index (χ3v) is 9.22. The highest BCUT2D eigenvalue weighted by molar-refractivity contribution is 7.59. The lowest BCUT2D eigenvalue weighted by Gasteiger charge is -2.27. The SMILES string of the molecule is CC(=O)NNC(=O)C(OC[C@H]1O[C@@H](n2cnc3c(NC(=O)OC(C)(C)C)nc(Cl)nc32)[C@@H]2OC(C)(C)O[C@@H]21)P(C)(=O)OCc1ccccc1. The molecule has 0 spiro atoms. The number of ether oxygens (including phenoxy) is 5. The van der Waals surface area contributed by atoms with Crippen LogP contribution in [0.5, 0.6) is 0 Å². The predicted octanol–water partition coefficient (Wildman–Crippen LogP) is 3.88. The number of nitrogens with zero attached hydrogens (tertiary/aromatic N) is 4. The standard InChI is InChI=1S/C30H39ClN7O10P/c1-16(39)36-37-24(40)26(49(7,42)44-13-17-11-9-8-10-12-17)43-14-18-20-21(47-30(5,6)46-20)25(45-18)38-15-32-19-22(33-27(31)35-23(19)38)34-28(41)48-29(2,3)4/h8-12,15,18,20-21,25-26H,13-14H2,1-7H3,(H,36,39)(H,37,40)(H,33,34,35,41)/t18-,20-,21-,25-,26?,49?/m1/s1. The normalized spacial score (nSPS) is 23.3. The molecule has 2 aliphatic heterocycles. The van der Waals surface area contributed by atoms with Crippen molar-refractivity contribution in [2.75, 3.05) is 18.6 Å². The number of fused-ring (bicyclic) bond motifs is 2. The molecule has 266 valence electrons. The molecule has 3 aromatic rings. The minimum absolute atomic E-state index is 0.0172. The molecule has 0 bridgehead atoms. The molecule has 2 aliphatic rings. The van der Waals surface area contributed by atoms with Gasteiger partial charge >= 0.3 is 6.09 Å². The first-order valence-electron chi connectivity index (χ1n) is 15.3. The number of carbonyl (C=O) groups excluding carboxylic acids is 3. The van der Waals surface area contributed by atoms with Gasteiger partial charge in [-0.3, -0.25) is 34.9 Å². The van der Waals surface area contributed by atoms with Gasteiger partial charge in [0.1, 0.15) is 23.9 Å². The van der Waals surface area contributed by atoms with Crippen molar-refractivity contribution >= 4 is 53.9 Å². The minimum atomic E-state index is -3.83. The molecule has 17 nitrogen and oxygen atoms in total. The van der Waals surface area contributed by atoms with E-state index in [1.807, 2.05) is 6.07 Å². The van der Waals surface area contributed by atoms with Crippen LogP contribution >= 0.6 is 19.0 Å². The summed E-state index contributed by atoms with van der Waals surface area (Å²) in [5.74, 6) is -4.10. The molecule has 1 aromatic carbocycles. The van der Waals surface area contributed by atoms with E-state index in [1.165, 1.54) is 19.9 Å². The predicted molar refractivity (Wildman–Crippen MR) is 174 cm³/mol. The number of imidazole rings is 1. The van der Waals surface area contributed by atoms with Crippen molar-refractivity contribution in [2.24, 2.45) is 0 Å². The van der Waals surface area contributed by atoms with Gasteiger partial charge in [0.15, 0.2) is 29.0 Å². The van der Waals surface area contributed by atoms with Gasteiger partial charge in [-0.15, -0.1) is 0 Å². The Morgan fingerprint density at radius 2 is 1.80 bits per heavy atom. The van der Waals surface area contributed by atoms with Gasteiger partial charge < -0.3 is 28.2 Å². The van der Waals surface area contributed by atoms with Gasteiger partial charge in [-0.25, -0.2) is 9.78 Å². The highest BCUT2D eigenvalue weighted by Gasteiger charge is 2.56. The number of aromatic nitrogens is 4. The Labute approximate surface area is 287 Å². The van der Waals surface area contributed by atoms with Gasteiger partial charge in [0.25, 0.3) is 5.91 Å². The third-order valence-electron chi connectivity index (χ3n) is 7.17. The van der Waals surface area contributed by atoms with Crippen LogP contribution in [0, 0.1) is 0 Å². The maximum absolute atomic E-state index is 13.8. The lowest BCUT2D eigenvalue weighted by Crippen LogP contribution is -2.47. The number of benzene rings is 1. The molecule has 5 rings (SSSR count). The summed E-state index contributed by atoms with van der Waals surface area (Å²) < 4.78 is 51.2. The highest BCUT2D eigenvalue weighted by atomic mass is 35.5. The van der Waals surface area contributed by atoms with Crippen molar-refractivity contribution in [2.45, 2.75) is 89.9 Å². The summed E-state index contributed by atoms with van der Waals surface area (Å²) in [5.41, 5.74) is 4.78. The van der Waals surface area contributed by atoms with Gasteiger partial charge in [-0.1, -0.05) is 30.3 Å². The molecule has 4 heterocycles. The van der Waals surface area contributed by atoms with E-state index in [0.29, 0.717) is 0 Å². The number of halogens is 1. The Kier molecular flexibility index (Phi) is 10.6. The number of carbonyl (C=O) groups is 3. The zero-order chi connectivity index (χ0) is 35.7. The van der Waals surface area contributed by atoms with Crippen LogP contribution in [0.2, 0.25) is 5.28 Å². The second kappa shape index (κ2) is 14.3. The number of nitrogens with one attached hydrogen (secondary N) is 3. The first kappa shape index (κ1) is 36.6. The van der Waals surface area contributed by atoms with E-state index in [9.17, 15) is 18.9 Å². The van der Waals surface area contributed by atoms with Crippen molar-refractivity contribution in [3.63, 3.8) is 0 Å². The molecule has 2 aromatic heterocycles. The van der Waals surface area contributed by atoms with Crippen LogP contribution in [0.1, 0.15) is 53.3 Å². The Balaban J connectivity index is 1.39. The molecule has 2 saturated heterocycles. The molecule has 19 heteroatoms. The van der Waals surface area contributed by atoms with Crippen molar-refractivity contribution < 1.29 is 47.2 Å². The Hall–Kier alpha value is -3.70. The molecule has 0 saturated carbocycles. The van der Waals surface area contributed by atoms with Gasteiger partial charge in [0.05, 0.1) is 19.5 Å². The maximum atomic E-state index is 13.8. The zero-order valence-electron chi connectivity index (χ0n) is 28.0. The first-order chi connectivity index (χ1) is 22.9. The van der Waals surface area contributed by atoms with Crippen LogP contribution in [0.25, 0.3) is 11.2 Å². The van der Waals surface area contributed by atoms with Crippen LogP contribution in [-0.2, 0) is 49.0 Å². The lowest BCUT2D eigenvalue weighted by molar-refractivity contribution is -0.202. The summed E-state index contributed by atoms with van der Waals surface area (Å²) in [6.07, 6.45) is -2.56. The van der Waals surface area contributed by atoms with E-state index in [2.05, 4.69) is 31.1 Å². The largest absolute Gasteiger partial charge is 0.444 e. The second-order valence-corrected chi connectivity index (χ2v) is 15.8. The molecule has 6 atom stereocenters. The first-order valence-corrected chi connectivity index (χ1v) is 17.8. The average Bonchev–Trinajstić information content (AvgIpc) is 3.65. The summed E-state index contributed by atoms with van der Waals surface area (Å²) in [4.78, 5) is 50.0. The molecule has 2 fully saturated rings. The molecule has 0 radical (unpaired) electrons. The maximum Gasteiger partial charge on any atom is 0.413 e. The van der Waals surface area contributed by atoms with Crippen LogP contribution in [-0.4, -0.2) is 86.2 Å².